The number of aryl methyl sites for hydroxylation is 2. The lowest BCUT2D eigenvalue weighted by atomic mass is 10.1. The molecule has 2 rings (SSSR count). The van der Waals surface area contributed by atoms with Gasteiger partial charge in [0.25, 0.3) is 5.91 Å². The van der Waals surface area contributed by atoms with Crippen LogP contribution in [0.4, 0.5) is 4.79 Å². The van der Waals surface area contributed by atoms with Gasteiger partial charge in [0.1, 0.15) is 11.4 Å². The maximum Gasteiger partial charge on any atom is 0.325 e. The molecule has 20 heavy (non-hydrogen) atoms. The molecule has 0 aromatic carbocycles. The van der Waals surface area contributed by atoms with Crippen LogP contribution in [0.1, 0.15) is 39.3 Å². The Labute approximate surface area is 118 Å². The molecule has 7 nitrogen and oxygen atoms in total. The molecule has 1 aliphatic heterocycles. The molecule has 0 radical (unpaired) electrons. The Morgan fingerprint density at radius 2 is 1.85 bits per heavy atom. The van der Waals surface area contributed by atoms with Crippen LogP contribution in [0.5, 0.6) is 0 Å². The Morgan fingerprint density at radius 1 is 1.15 bits per heavy atom. The van der Waals surface area contributed by atoms with Crippen molar-refractivity contribution < 1.29 is 9.59 Å². The summed E-state index contributed by atoms with van der Waals surface area (Å²) in [5.74, 6) is 1.48. The van der Waals surface area contributed by atoms with E-state index in [9.17, 15) is 9.59 Å². The topological polar surface area (TPSA) is 80.1 Å². The molecule has 0 atom stereocenters. The number of imide groups is 1. The van der Waals surface area contributed by atoms with Gasteiger partial charge in [-0.3, -0.25) is 9.69 Å². The average molecular weight is 279 g/mol. The number of rotatable bonds is 5. The van der Waals surface area contributed by atoms with Crippen molar-refractivity contribution in [2.75, 3.05) is 6.54 Å². The van der Waals surface area contributed by atoms with Gasteiger partial charge >= 0.3 is 6.03 Å². The summed E-state index contributed by atoms with van der Waals surface area (Å²) in [7, 11) is 0. The predicted molar refractivity (Wildman–Crippen MR) is 73.1 cm³/mol. The van der Waals surface area contributed by atoms with E-state index in [0.717, 1.165) is 24.5 Å². The molecule has 0 unspecified atom stereocenters. The molecule has 1 saturated heterocycles. The van der Waals surface area contributed by atoms with E-state index in [0.29, 0.717) is 13.1 Å². The van der Waals surface area contributed by atoms with Gasteiger partial charge in [-0.2, -0.15) is 5.10 Å². The predicted octanol–water partition coefficient (Wildman–Crippen LogP) is 0.733. The third-order valence-electron chi connectivity index (χ3n) is 3.40. The smallest absolute Gasteiger partial charge is 0.324 e. The lowest BCUT2D eigenvalue weighted by Gasteiger charge is -2.16. The van der Waals surface area contributed by atoms with E-state index in [-0.39, 0.29) is 11.9 Å². The van der Waals surface area contributed by atoms with Crippen LogP contribution < -0.4 is 5.32 Å². The molecule has 1 fully saturated rings. The molecule has 1 aliphatic rings. The van der Waals surface area contributed by atoms with Crippen molar-refractivity contribution in [1.29, 1.82) is 0 Å². The van der Waals surface area contributed by atoms with Gasteiger partial charge in [0.2, 0.25) is 0 Å². The van der Waals surface area contributed by atoms with Crippen molar-refractivity contribution in [3.63, 3.8) is 0 Å². The summed E-state index contributed by atoms with van der Waals surface area (Å²) in [5.41, 5.74) is -0.818. The molecule has 0 aliphatic carbocycles. The highest BCUT2D eigenvalue weighted by atomic mass is 16.2. The SMILES string of the molecule is CCc1nc(CC)n(CCN2C(=O)NC(C)(C)C2=O)n1. The minimum absolute atomic E-state index is 0.198. The molecular weight excluding hydrogens is 258 g/mol. The van der Waals surface area contributed by atoms with Gasteiger partial charge in [-0.1, -0.05) is 13.8 Å². The van der Waals surface area contributed by atoms with Gasteiger partial charge in [-0.15, -0.1) is 0 Å². The van der Waals surface area contributed by atoms with Crippen molar-refractivity contribution in [3.8, 4) is 0 Å². The highest BCUT2D eigenvalue weighted by molar-refractivity contribution is 6.06. The maximum atomic E-state index is 12.1. The van der Waals surface area contributed by atoms with E-state index in [1.807, 2.05) is 13.8 Å². The van der Waals surface area contributed by atoms with Crippen LogP contribution in [-0.2, 0) is 24.2 Å². The lowest BCUT2D eigenvalue weighted by Crippen LogP contribution is -2.40. The van der Waals surface area contributed by atoms with Crippen LogP contribution in [0.25, 0.3) is 0 Å². The minimum Gasteiger partial charge on any atom is -0.324 e. The number of hydrogen-bond acceptors (Lipinski definition) is 4. The van der Waals surface area contributed by atoms with Crippen molar-refractivity contribution in [2.24, 2.45) is 0 Å². The number of urea groups is 1. The Morgan fingerprint density at radius 3 is 2.35 bits per heavy atom. The first kappa shape index (κ1) is 14.5. The molecule has 1 aromatic rings. The molecule has 1 N–H and O–H groups in total. The van der Waals surface area contributed by atoms with Crippen LogP contribution >= 0.6 is 0 Å². The van der Waals surface area contributed by atoms with Gasteiger partial charge in [0, 0.05) is 12.8 Å². The second kappa shape index (κ2) is 5.22. The van der Waals surface area contributed by atoms with E-state index in [2.05, 4.69) is 15.4 Å². The average Bonchev–Trinajstić information content (AvgIpc) is 2.88. The number of carbonyl (C=O) groups is 2. The van der Waals surface area contributed by atoms with Gasteiger partial charge in [0.15, 0.2) is 5.82 Å². The standard InChI is InChI=1S/C13H21N5O2/c1-5-9-14-10(6-2)18(16-9)8-7-17-11(19)13(3,4)15-12(17)20/h5-8H2,1-4H3,(H,15,20). The molecule has 1 aromatic heterocycles. The van der Waals surface area contributed by atoms with E-state index in [1.165, 1.54) is 4.90 Å². The van der Waals surface area contributed by atoms with Crippen molar-refractivity contribution >= 4 is 11.9 Å². The quantitative estimate of drug-likeness (QED) is 0.806. The lowest BCUT2D eigenvalue weighted by molar-refractivity contribution is -0.130. The zero-order valence-corrected chi connectivity index (χ0v) is 12.4. The Balaban J connectivity index is 2.07. The van der Waals surface area contributed by atoms with Crippen molar-refractivity contribution in [1.82, 2.24) is 25.0 Å². The third-order valence-corrected chi connectivity index (χ3v) is 3.40. The molecule has 3 amide bonds. The number of nitrogens with zero attached hydrogens (tertiary/aromatic N) is 4. The van der Waals surface area contributed by atoms with Gasteiger partial charge in [0.05, 0.1) is 13.1 Å². The zero-order valence-electron chi connectivity index (χ0n) is 12.4. The fourth-order valence-electron chi connectivity index (χ4n) is 2.23. The molecule has 110 valence electrons. The van der Waals surface area contributed by atoms with Crippen LogP contribution in [0.2, 0.25) is 0 Å². The summed E-state index contributed by atoms with van der Waals surface area (Å²) in [6.45, 7) is 8.21. The molecule has 7 heteroatoms. The highest BCUT2D eigenvalue weighted by Gasteiger charge is 2.43. The summed E-state index contributed by atoms with van der Waals surface area (Å²) >= 11 is 0. The highest BCUT2D eigenvalue weighted by Crippen LogP contribution is 2.16. The third kappa shape index (κ3) is 2.52. The van der Waals surface area contributed by atoms with Crippen LogP contribution in [0.3, 0.4) is 0 Å². The number of nitrogens with one attached hydrogen (secondary N) is 1. The summed E-state index contributed by atoms with van der Waals surface area (Å²) in [6.07, 6.45) is 1.55. The zero-order chi connectivity index (χ0) is 14.9. The number of hydrogen-bond donors (Lipinski definition) is 1. The second-order valence-corrected chi connectivity index (χ2v) is 5.39. The summed E-state index contributed by atoms with van der Waals surface area (Å²) in [5, 5.41) is 7.05. The molecule has 0 bridgehead atoms. The fourth-order valence-corrected chi connectivity index (χ4v) is 2.23. The molecule has 0 saturated carbocycles. The monoisotopic (exact) mass is 279 g/mol. The second-order valence-electron chi connectivity index (χ2n) is 5.39. The molecule has 0 spiro atoms. The Hall–Kier alpha value is -1.92. The first-order chi connectivity index (χ1) is 9.39. The van der Waals surface area contributed by atoms with Gasteiger partial charge in [-0.05, 0) is 13.8 Å². The van der Waals surface area contributed by atoms with Crippen LogP contribution in [0, 0.1) is 0 Å². The number of amides is 3. The first-order valence-corrected chi connectivity index (χ1v) is 6.95. The summed E-state index contributed by atoms with van der Waals surface area (Å²) < 4.78 is 1.78. The summed E-state index contributed by atoms with van der Waals surface area (Å²) in [4.78, 5) is 29.5. The number of carbonyl (C=O) groups excluding carboxylic acids is 2. The first-order valence-electron chi connectivity index (χ1n) is 6.95. The fraction of sp³-hybridized carbons (Fsp3) is 0.692. The summed E-state index contributed by atoms with van der Waals surface area (Å²) in [6, 6.07) is -0.339. The van der Waals surface area contributed by atoms with E-state index in [4.69, 9.17) is 0 Å². The number of aromatic nitrogens is 3. The van der Waals surface area contributed by atoms with Crippen molar-refractivity contribution in [2.45, 2.75) is 52.6 Å². The van der Waals surface area contributed by atoms with E-state index in [1.54, 1.807) is 18.5 Å². The van der Waals surface area contributed by atoms with Crippen LogP contribution in [0.15, 0.2) is 0 Å². The molecule has 2 heterocycles. The Bertz CT molecular complexity index is 535. The van der Waals surface area contributed by atoms with Crippen LogP contribution in [-0.4, -0.2) is 43.7 Å². The van der Waals surface area contributed by atoms with Gasteiger partial charge < -0.3 is 5.32 Å². The van der Waals surface area contributed by atoms with E-state index >= 15 is 0 Å². The maximum absolute atomic E-state index is 12.1. The van der Waals surface area contributed by atoms with Gasteiger partial charge in [-0.25, -0.2) is 14.5 Å². The normalized spacial score (nSPS) is 17.7. The minimum atomic E-state index is -0.818. The van der Waals surface area contributed by atoms with E-state index < -0.39 is 5.54 Å². The Kier molecular flexibility index (Phi) is 3.78. The largest absolute Gasteiger partial charge is 0.325 e. The molecular formula is C13H21N5O2. The van der Waals surface area contributed by atoms with Crippen molar-refractivity contribution in [3.05, 3.63) is 11.6 Å².